The maximum Gasteiger partial charge on any atom is 0.261 e. The summed E-state index contributed by atoms with van der Waals surface area (Å²) in [7, 11) is 0. The zero-order valence-electron chi connectivity index (χ0n) is 11.8. The van der Waals surface area contributed by atoms with Crippen molar-refractivity contribution in [2.45, 2.75) is 31.7 Å². The molecule has 5 heteroatoms. The molecule has 4 N–H and O–H groups in total. The molecule has 4 nitrogen and oxygen atoms in total. The lowest BCUT2D eigenvalue weighted by atomic mass is 9.85. The Morgan fingerprint density at radius 1 is 1.33 bits per heavy atom. The number of thiophene rings is 1. The SMILES string of the molecule is Nc1ccc2sc(C(=O)NC3CCCCC3CO)cc2c1. The van der Waals surface area contributed by atoms with Gasteiger partial charge in [-0.1, -0.05) is 12.8 Å². The van der Waals surface area contributed by atoms with Gasteiger partial charge in [0.25, 0.3) is 5.91 Å². The molecule has 112 valence electrons. The number of benzene rings is 1. The van der Waals surface area contributed by atoms with E-state index in [0.29, 0.717) is 10.6 Å². The van der Waals surface area contributed by atoms with E-state index >= 15 is 0 Å². The predicted octanol–water partition coefficient (Wildman–Crippen LogP) is 2.76. The Kier molecular flexibility index (Phi) is 4.12. The van der Waals surface area contributed by atoms with Crippen molar-refractivity contribution in [3.05, 3.63) is 29.1 Å². The van der Waals surface area contributed by atoms with E-state index in [1.807, 2.05) is 24.3 Å². The average Bonchev–Trinajstić information content (AvgIpc) is 2.91. The van der Waals surface area contributed by atoms with Crippen molar-refractivity contribution < 1.29 is 9.90 Å². The van der Waals surface area contributed by atoms with E-state index < -0.39 is 0 Å². The summed E-state index contributed by atoms with van der Waals surface area (Å²) in [6.45, 7) is 0.147. The second kappa shape index (κ2) is 6.03. The minimum absolute atomic E-state index is 0.0416. The van der Waals surface area contributed by atoms with Gasteiger partial charge in [-0.15, -0.1) is 11.3 Å². The molecule has 0 saturated heterocycles. The molecule has 2 aromatic rings. The molecule has 1 aliphatic rings. The van der Waals surface area contributed by atoms with Crippen LogP contribution in [0.2, 0.25) is 0 Å². The van der Waals surface area contributed by atoms with Crippen LogP contribution in [0.4, 0.5) is 5.69 Å². The molecular formula is C16H20N2O2S. The Hall–Kier alpha value is -1.59. The number of amides is 1. The van der Waals surface area contributed by atoms with Gasteiger partial charge in [0.1, 0.15) is 0 Å². The molecule has 1 aromatic heterocycles. The van der Waals surface area contributed by atoms with Gasteiger partial charge in [-0.25, -0.2) is 0 Å². The van der Waals surface area contributed by atoms with E-state index in [9.17, 15) is 9.90 Å². The van der Waals surface area contributed by atoms with Crippen molar-refractivity contribution in [2.24, 2.45) is 5.92 Å². The van der Waals surface area contributed by atoms with Gasteiger partial charge in [-0.05, 0) is 42.5 Å². The first-order valence-electron chi connectivity index (χ1n) is 7.38. The van der Waals surface area contributed by atoms with Crippen LogP contribution in [0.1, 0.15) is 35.4 Å². The van der Waals surface area contributed by atoms with Gasteiger partial charge in [0.05, 0.1) is 4.88 Å². The van der Waals surface area contributed by atoms with E-state index in [0.717, 1.165) is 35.8 Å². The maximum absolute atomic E-state index is 12.4. The molecule has 1 fully saturated rings. The summed E-state index contributed by atoms with van der Waals surface area (Å²) in [4.78, 5) is 13.1. The molecule has 0 bridgehead atoms. The number of nitrogens with two attached hydrogens (primary N) is 1. The number of hydrogen-bond donors (Lipinski definition) is 3. The van der Waals surface area contributed by atoms with Crippen molar-refractivity contribution in [1.82, 2.24) is 5.32 Å². The fourth-order valence-electron chi connectivity index (χ4n) is 3.03. The van der Waals surface area contributed by atoms with Crippen molar-refractivity contribution in [3.8, 4) is 0 Å². The standard InChI is InChI=1S/C16H20N2O2S/c17-12-5-6-14-11(7-12)8-15(21-14)16(20)18-13-4-2-1-3-10(13)9-19/h5-8,10,13,19H,1-4,9,17H2,(H,18,20). The van der Waals surface area contributed by atoms with E-state index in [-0.39, 0.29) is 24.5 Å². The number of fused-ring (bicyclic) bond motifs is 1. The van der Waals surface area contributed by atoms with Crippen LogP contribution in [-0.2, 0) is 0 Å². The van der Waals surface area contributed by atoms with Crippen LogP contribution in [-0.4, -0.2) is 23.7 Å². The number of anilines is 1. The smallest absolute Gasteiger partial charge is 0.261 e. The maximum atomic E-state index is 12.4. The number of carbonyl (C=O) groups excluding carboxylic acids is 1. The number of rotatable bonds is 3. The zero-order chi connectivity index (χ0) is 14.8. The minimum Gasteiger partial charge on any atom is -0.399 e. The van der Waals surface area contributed by atoms with Crippen LogP contribution in [0.15, 0.2) is 24.3 Å². The van der Waals surface area contributed by atoms with Crippen LogP contribution >= 0.6 is 11.3 Å². The number of aliphatic hydroxyl groups is 1. The first-order chi connectivity index (χ1) is 10.2. The highest BCUT2D eigenvalue weighted by atomic mass is 32.1. The summed E-state index contributed by atoms with van der Waals surface area (Å²) in [6, 6.07) is 7.67. The zero-order valence-corrected chi connectivity index (χ0v) is 12.7. The molecule has 2 atom stereocenters. The molecule has 1 aromatic carbocycles. The van der Waals surface area contributed by atoms with Crippen LogP contribution < -0.4 is 11.1 Å². The number of aliphatic hydroxyl groups excluding tert-OH is 1. The summed E-state index contributed by atoms with van der Waals surface area (Å²) in [6.07, 6.45) is 4.20. The van der Waals surface area contributed by atoms with E-state index in [4.69, 9.17) is 5.73 Å². The van der Waals surface area contributed by atoms with Crippen LogP contribution in [0.5, 0.6) is 0 Å². The Balaban J connectivity index is 1.77. The highest BCUT2D eigenvalue weighted by Crippen LogP contribution is 2.28. The molecule has 2 unspecified atom stereocenters. The van der Waals surface area contributed by atoms with Gasteiger partial charge in [-0.3, -0.25) is 4.79 Å². The van der Waals surface area contributed by atoms with E-state index in [1.54, 1.807) is 0 Å². The Labute approximate surface area is 128 Å². The van der Waals surface area contributed by atoms with Crippen LogP contribution in [0.25, 0.3) is 10.1 Å². The molecule has 0 spiro atoms. The second-order valence-corrected chi connectivity index (χ2v) is 6.80. The van der Waals surface area contributed by atoms with Gasteiger partial charge in [0.2, 0.25) is 0 Å². The molecular weight excluding hydrogens is 284 g/mol. The lowest BCUT2D eigenvalue weighted by Gasteiger charge is -2.30. The normalized spacial score (nSPS) is 22.3. The van der Waals surface area contributed by atoms with Crippen molar-refractivity contribution >= 4 is 33.0 Å². The molecule has 3 rings (SSSR count). The number of nitrogens with one attached hydrogen (secondary N) is 1. The molecule has 1 amide bonds. The average molecular weight is 304 g/mol. The quantitative estimate of drug-likeness (QED) is 0.763. The van der Waals surface area contributed by atoms with Crippen molar-refractivity contribution in [3.63, 3.8) is 0 Å². The first kappa shape index (κ1) is 14.4. The minimum atomic E-state index is -0.0416. The Morgan fingerprint density at radius 3 is 2.95 bits per heavy atom. The van der Waals surface area contributed by atoms with Crippen molar-refractivity contribution in [2.75, 3.05) is 12.3 Å². The number of nitrogen functional groups attached to an aromatic ring is 1. The molecule has 21 heavy (non-hydrogen) atoms. The fourth-order valence-corrected chi connectivity index (χ4v) is 3.98. The Bertz CT molecular complexity index is 653. The molecule has 0 radical (unpaired) electrons. The number of hydrogen-bond acceptors (Lipinski definition) is 4. The monoisotopic (exact) mass is 304 g/mol. The lowest BCUT2D eigenvalue weighted by Crippen LogP contribution is -2.43. The highest BCUT2D eigenvalue weighted by Gasteiger charge is 2.26. The topological polar surface area (TPSA) is 75.4 Å². The van der Waals surface area contributed by atoms with E-state index in [2.05, 4.69) is 5.32 Å². The second-order valence-electron chi connectivity index (χ2n) is 5.71. The largest absolute Gasteiger partial charge is 0.399 e. The lowest BCUT2D eigenvalue weighted by molar-refractivity contribution is 0.0876. The number of carbonyl (C=O) groups is 1. The van der Waals surface area contributed by atoms with E-state index in [1.165, 1.54) is 11.3 Å². The summed E-state index contributed by atoms with van der Waals surface area (Å²) < 4.78 is 1.07. The van der Waals surface area contributed by atoms with Gasteiger partial charge >= 0.3 is 0 Å². The summed E-state index contributed by atoms with van der Waals surface area (Å²) in [5.74, 6) is 0.146. The van der Waals surface area contributed by atoms with Crippen LogP contribution in [0.3, 0.4) is 0 Å². The predicted molar refractivity (Wildman–Crippen MR) is 86.5 cm³/mol. The molecule has 1 saturated carbocycles. The molecule has 0 aliphatic heterocycles. The van der Waals surface area contributed by atoms with Crippen LogP contribution in [0, 0.1) is 5.92 Å². The highest BCUT2D eigenvalue weighted by molar-refractivity contribution is 7.20. The third-order valence-electron chi connectivity index (χ3n) is 4.22. The first-order valence-corrected chi connectivity index (χ1v) is 8.20. The van der Waals surface area contributed by atoms with Gasteiger partial charge in [0, 0.05) is 29.0 Å². The third kappa shape index (κ3) is 3.04. The summed E-state index contributed by atoms with van der Waals surface area (Å²) in [5, 5.41) is 13.5. The molecule has 1 aliphatic carbocycles. The molecule has 1 heterocycles. The Morgan fingerprint density at radius 2 is 2.14 bits per heavy atom. The summed E-state index contributed by atoms with van der Waals surface area (Å²) >= 11 is 1.48. The third-order valence-corrected chi connectivity index (χ3v) is 5.34. The van der Waals surface area contributed by atoms with Crippen molar-refractivity contribution in [1.29, 1.82) is 0 Å². The van der Waals surface area contributed by atoms with Gasteiger partial charge in [-0.2, -0.15) is 0 Å². The van der Waals surface area contributed by atoms with Gasteiger partial charge in [0.15, 0.2) is 0 Å². The fraction of sp³-hybridized carbons (Fsp3) is 0.438. The van der Waals surface area contributed by atoms with Gasteiger partial charge < -0.3 is 16.2 Å². The summed E-state index contributed by atoms with van der Waals surface area (Å²) in [5.41, 5.74) is 6.48.